The third-order valence-electron chi connectivity index (χ3n) is 5.28. The number of carbonyl (C=O) groups is 3. The number of carbonyl (C=O) groups excluding carboxylic acids is 2. The van der Waals surface area contributed by atoms with Crippen LogP contribution in [0.3, 0.4) is 0 Å². The number of anilines is 2. The van der Waals surface area contributed by atoms with Crippen LogP contribution in [0.1, 0.15) is 32.6 Å². The minimum absolute atomic E-state index is 0.116. The summed E-state index contributed by atoms with van der Waals surface area (Å²) >= 11 is 0. The molecule has 6 heteroatoms. The molecular weight excluding hydrogens is 308 g/mol. The summed E-state index contributed by atoms with van der Waals surface area (Å²) in [6.45, 7) is 1.43. The van der Waals surface area contributed by atoms with Crippen LogP contribution in [0.4, 0.5) is 11.4 Å². The maximum Gasteiger partial charge on any atom is 0.307 e. The van der Waals surface area contributed by atoms with Gasteiger partial charge in [0.15, 0.2) is 0 Å². The number of carboxylic acids is 1. The van der Waals surface area contributed by atoms with E-state index >= 15 is 0 Å². The second-order valence-corrected chi connectivity index (χ2v) is 6.81. The maximum absolute atomic E-state index is 12.7. The van der Waals surface area contributed by atoms with Crippen molar-refractivity contribution < 1.29 is 19.5 Å². The number of benzene rings is 1. The van der Waals surface area contributed by atoms with E-state index in [-0.39, 0.29) is 23.7 Å². The van der Waals surface area contributed by atoms with E-state index in [2.05, 4.69) is 10.6 Å². The molecule has 2 atom stereocenters. The number of nitrogens with one attached hydrogen (secondary N) is 2. The molecule has 0 spiro atoms. The largest absolute Gasteiger partial charge is 0.481 e. The molecule has 128 valence electrons. The molecule has 2 amide bonds. The number of amides is 2. The molecule has 0 radical (unpaired) electrons. The number of hydrogen-bond acceptors (Lipinski definition) is 3. The number of hydrogen-bond donors (Lipinski definition) is 3. The zero-order chi connectivity index (χ0) is 17.3. The zero-order valence-corrected chi connectivity index (χ0v) is 13.6. The molecule has 6 nitrogen and oxygen atoms in total. The van der Waals surface area contributed by atoms with Gasteiger partial charge in [-0.05, 0) is 61.8 Å². The van der Waals surface area contributed by atoms with E-state index in [1.165, 1.54) is 6.92 Å². The van der Waals surface area contributed by atoms with Crippen LogP contribution >= 0.6 is 0 Å². The number of rotatable bonds is 4. The van der Waals surface area contributed by atoms with Gasteiger partial charge in [0.2, 0.25) is 11.8 Å². The van der Waals surface area contributed by atoms with Crippen molar-refractivity contribution in [1.82, 2.24) is 0 Å². The van der Waals surface area contributed by atoms with Gasteiger partial charge in [-0.15, -0.1) is 0 Å². The van der Waals surface area contributed by atoms with Gasteiger partial charge >= 0.3 is 5.97 Å². The van der Waals surface area contributed by atoms with Gasteiger partial charge < -0.3 is 15.7 Å². The van der Waals surface area contributed by atoms with E-state index in [0.717, 1.165) is 25.7 Å². The van der Waals surface area contributed by atoms with E-state index in [1.54, 1.807) is 24.3 Å². The predicted molar refractivity (Wildman–Crippen MR) is 89.4 cm³/mol. The van der Waals surface area contributed by atoms with E-state index in [1.807, 2.05) is 0 Å². The van der Waals surface area contributed by atoms with Crippen LogP contribution in [0.2, 0.25) is 0 Å². The van der Waals surface area contributed by atoms with Crippen LogP contribution in [-0.2, 0) is 14.4 Å². The van der Waals surface area contributed by atoms with Crippen LogP contribution in [0.15, 0.2) is 24.3 Å². The van der Waals surface area contributed by atoms with E-state index < -0.39 is 17.8 Å². The summed E-state index contributed by atoms with van der Waals surface area (Å²) in [7, 11) is 0. The predicted octanol–water partition coefficient (Wildman–Crippen LogP) is 2.72. The lowest BCUT2D eigenvalue weighted by molar-refractivity contribution is -0.156. The standard InChI is InChI=1S/C18H22N2O4/c1-10(21)19-13-6-8-14(9-7-13)20-17(22)15-11-2-4-12(5-3-11)16(15)18(23)24/h6-9,11-12,15-16H,2-5H2,1H3,(H,19,21)(H,20,22)(H,23,24)/t11?,12?,15-,16+/m0/s1. The van der Waals surface area contributed by atoms with Crippen molar-refractivity contribution in [2.75, 3.05) is 10.6 Å². The molecule has 3 aliphatic carbocycles. The molecule has 4 rings (SSSR count). The van der Waals surface area contributed by atoms with Gasteiger partial charge in [0.1, 0.15) is 0 Å². The lowest BCUT2D eigenvalue weighted by Crippen LogP contribution is -2.49. The van der Waals surface area contributed by atoms with E-state index in [0.29, 0.717) is 11.4 Å². The molecule has 1 aromatic rings. The Balaban J connectivity index is 1.71. The molecule has 0 aliphatic heterocycles. The highest BCUT2D eigenvalue weighted by molar-refractivity contribution is 5.96. The maximum atomic E-state index is 12.7. The highest BCUT2D eigenvalue weighted by atomic mass is 16.4. The van der Waals surface area contributed by atoms with Crippen molar-refractivity contribution in [2.24, 2.45) is 23.7 Å². The van der Waals surface area contributed by atoms with Crippen molar-refractivity contribution in [3.63, 3.8) is 0 Å². The fraction of sp³-hybridized carbons (Fsp3) is 0.500. The highest BCUT2D eigenvalue weighted by Gasteiger charge is 2.50. The van der Waals surface area contributed by atoms with Gasteiger partial charge in [-0.3, -0.25) is 14.4 Å². The Hall–Kier alpha value is -2.37. The molecule has 24 heavy (non-hydrogen) atoms. The summed E-state index contributed by atoms with van der Waals surface area (Å²) in [5.41, 5.74) is 1.26. The summed E-state index contributed by atoms with van der Waals surface area (Å²) in [5, 5.41) is 15.1. The first-order valence-electron chi connectivity index (χ1n) is 8.37. The van der Waals surface area contributed by atoms with Crippen LogP contribution < -0.4 is 10.6 Å². The quantitative estimate of drug-likeness (QED) is 0.791. The van der Waals surface area contributed by atoms with Crippen LogP contribution in [0.25, 0.3) is 0 Å². The van der Waals surface area contributed by atoms with Crippen molar-refractivity contribution in [2.45, 2.75) is 32.6 Å². The molecule has 0 unspecified atom stereocenters. The van der Waals surface area contributed by atoms with Crippen LogP contribution in [-0.4, -0.2) is 22.9 Å². The van der Waals surface area contributed by atoms with Gasteiger partial charge in [0, 0.05) is 18.3 Å². The van der Waals surface area contributed by atoms with Gasteiger partial charge in [-0.25, -0.2) is 0 Å². The Kier molecular flexibility index (Phi) is 4.55. The van der Waals surface area contributed by atoms with Crippen molar-refractivity contribution in [3.05, 3.63) is 24.3 Å². The lowest BCUT2D eigenvalue weighted by Gasteiger charge is -2.45. The zero-order valence-electron chi connectivity index (χ0n) is 13.6. The SMILES string of the molecule is CC(=O)Nc1ccc(NC(=O)[C@H]2C3CCC(CC3)[C@H]2C(=O)O)cc1. The molecule has 0 heterocycles. The summed E-state index contributed by atoms with van der Waals surface area (Å²) < 4.78 is 0. The first-order chi connectivity index (χ1) is 11.5. The Morgan fingerprint density at radius 3 is 1.79 bits per heavy atom. The van der Waals surface area contributed by atoms with Gasteiger partial charge in [-0.1, -0.05) is 0 Å². The lowest BCUT2D eigenvalue weighted by atomic mass is 9.58. The molecule has 3 aliphatic rings. The van der Waals surface area contributed by atoms with E-state index in [9.17, 15) is 19.5 Å². The van der Waals surface area contributed by atoms with Gasteiger partial charge in [-0.2, -0.15) is 0 Å². The molecule has 2 bridgehead atoms. The smallest absolute Gasteiger partial charge is 0.307 e. The minimum Gasteiger partial charge on any atom is -0.481 e. The number of fused-ring (bicyclic) bond motifs is 3. The molecule has 3 N–H and O–H groups in total. The first-order valence-corrected chi connectivity index (χ1v) is 8.37. The fourth-order valence-corrected chi connectivity index (χ4v) is 4.25. The molecular formula is C18H22N2O4. The second kappa shape index (κ2) is 6.63. The third-order valence-corrected chi connectivity index (χ3v) is 5.28. The highest BCUT2D eigenvalue weighted by Crippen LogP contribution is 2.49. The molecule has 3 fully saturated rings. The fourth-order valence-electron chi connectivity index (χ4n) is 4.25. The first kappa shape index (κ1) is 16.5. The molecule has 3 saturated carbocycles. The van der Waals surface area contributed by atoms with Crippen molar-refractivity contribution >= 4 is 29.2 Å². The normalized spacial score (nSPS) is 28.2. The Morgan fingerprint density at radius 2 is 1.33 bits per heavy atom. The summed E-state index contributed by atoms with van der Waals surface area (Å²) in [6, 6.07) is 6.83. The Morgan fingerprint density at radius 1 is 0.875 bits per heavy atom. The summed E-state index contributed by atoms with van der Waals surface area (Å²) in [5.74, 6) is -1.97. The van der Waals surface area contributed by atoms with E-state index in [4.69, 9.17) is 0 Å². The summed E-state index contributed by atoms with van der Waals surface area (Å²) in [6.07, 6.45) is 3.70. The van der Waals surface area contributed by atoms with Crippen molar-refractivity contribution in [3.8, 4) is 0 Å². The molecule has 0 saturated heterocycles. The topological polar surface area (TPSA) is 95.5 Å². The number of carboxylic acid groups (broad SMARTS) is 1. The minimum atomic E-state index is -0.856. The Bertz CT molecular complexity index is 647. The third kappa shape index (κ3) is 3.27. The molecule has 0 aromatic heterocycles. The number of aliphatic carboxylic acids is 1. The van der Waals surface area contributed by atoms with Crippen LogP contribution in [0.5, 0.6) is 0 Å². The van der Waals surface area contributed by atoms with Crippen molar-refractivity contribution in [1.29, 1.82) is 0 Å². The average molecular weight is 330 g/mol. The average Bonchev–Trinajstić information content (AvgIpc) is 2.56. The Labute approximate surface area is 140 Å². The molecule has 1 aromatic carbocycles. The van der Waals surface area contributed by atoms with Gasteiger partial charge in [0.25, 0.3) is 0 Å². The second-order valence-electron chi connectivity index (χ2n) is 6.81. The summed E-state index contributed by atoms with van der Waals surface area (Å²) in [4.78, 5) is 35.3. The van der Waals surface area contributed by atoms with Crippen LogP contribution in [0, 0.1) is 23.7 Å². The monoisotopic (exact) mass is 330 g/mol. The van der Waals surface area contributed by atoms with Gasteiger partial charge in [0.05, 0.1) is 11.8 Å².